The summed E-state index contributed by atoms with van der Waals surface area (Å²) in [6.45, 7) is 1.64. The van der Waals surface area contributed by atoms with Gasteiger partial charge in [0.1, 0.15) is 0 Å². The Labute approximate surface area is 81.2 Å². The molecule has 0 aromatic heterocycles. The van der Waals surface area contributed by atoms with E-state index < -0.39 is 5.91 Å². The van der Waals surface area contributed by atoms with Crippen LogP contribution in [0.5, 0.6) is 0 Å². The van der Waals surface area contributed by atoms with Crippen molar-refractivity contribution in [2.45, 2.75) is 25.8 Å². The molecule has 1 N–H and O–H groups in total. The zero-order chi connectivity index (χ0) is 11.0. The summed E-state index contributed by atoms with van der Waals surface area (Å²) in [5.41, 5.74) is 0. The highest BCUT2D eigenvalue weighted by molar-refractivity contribution is 5.85. The zero-order valence-corrected chi connectivity index (χ0v) is 7.80. The smallest absolute Gasteiger partial charge is 0.226 e. The van der Waals surface area contributed by atoms with Gasteiger partial charge in [0.2, 0.25) is 25.1 Å². The number of amides is 4. The second kappa shape index (κ2) is 6.76. The fraction of sp³-hybridized carbons (Fsp3) is 0.500. The van der Waals surface area contributed by atoms with E-state index in [4.69, 9.17) is 0 Å². The zero-order valence-electron chi connectivity index (χ0n) is 7.80. The molecule has 0 aliphatic heterocycles. The summed E-state index contributed by atoms with van der Waals surface area (Å²) < 4.78 is 0. The van der Waals surface area contributed by atoms with Gasteiger partial charge in [-0.2, -0.15) is 0 Å². The van der Waals surface area contributed by atoms with Crippen molar-refractivity contribution in [1.29, 1.82) is 0 Å². The third-order valence-corrected chi connectivity index (χ3v) is 1.76. The fourth-order valence-electron chi connectivity index (χ4n) is 0.860. The maximum Gasteiger partial charge on any atom is 0.226 e. The van der Waals surface area contributed by atoms with Crippen LogP contribution >= 0.6 is 0 Å². The molecule has 0 fully saturated rings. The number of nitrogens with zero attached hydrogens (tertiary/aromatic N) is 1. The standard InChI is InChI=1S/C8H12N2O4/c1-7(10(5-12)6-13)2-3-8(14)9-4-11/h4-7H,2-3H2,1H3,(H,9,11,14). The Bertz CT molecular complexity index is 221. The van der Waals surface area contributed by atoms with Crippen molar-refractivity contribution in [2.24, 2.45) is 0 Å². The van der Waals surface area contributed by atoms with E-state index in [0.717, 1.165) is 4.90 Å². The molecule has 0 heterocycles. The minimum absolute atomic E-state index is 0.0953. The number of hydrogen-bond acceptors (Lipinski definition) is 4. The Kier molecular flexibility index (Phi) is 5.93. The molecule has 0 bridgehead atoms. The summed E-state index contributed by atoms with van der Waals surface area (Å²) in [6, 6.07) is -0.345. The van der Waals surface area contributed by atoms with Gasteiger partial charge in [-0.05, 0) is 13.3 Å². The molecule has 0 aliphatic carbocycles. The molecule has 0 rings (SSSR count). The van der Waals surface area contributed by atoms with Crippen LogP contribution in [0.4, 0.5) is 0 Å². The lowest BCUT2D eigenvalue weighted by atomic mass is 10.1. The van der Waals surface area contributed by atoms with Gasteiger partial charge in [0.25, 0.3) is 0 Å². The fourth-order valence-corrected chi connectivity index (χ4v) is 0.860. The van der Waals surface area contributed by atoms with Gasteiger partial charge in [0.15, 0.2) is 0 Å². The first-order valence-corrected chi connectivity index (χ1v) is 4.06. The van der Waals surface area contributed by atoms with Crippen LogP contribution in [0.15, 0.2) is 0 Å². The Morgan fingerprint density at radius 2 is 1.93 bits per heavy atom. The predicted octanol–water partition coefficient (Wildman–Crippen LogP) is -0.957. The number of carbonyl (C=O) groups excluding carboxylic acids is 4. The van der Waals surface area contributed by atoms with Crippen molar-refractivity contribution < 1.29 is 19.2 Å². The summed E-state index contributed by atoms with van der Waals surface area (Å²) in [5.74, 6) is -0.427. The van der Waals surface area contributed by atoms with E-state index in [9.17, 15) is 19.2 Å². The molecular formula is C8H12N2O4. The quantitative estimate of drug-likeness (QED) is 0.536. The van der Waals surface area contributed by atoms with E-state index in [2.05, 4.69) is 0 Å². The van der Waals surface area contributed by atoms with Crippen LogP contribution in [0.2, 0.25) is 0 Å². The highest BCUT2D eigenvalue weighted by Crippen LogP contribution is 2.02. The molecule has 0 aromatic carbocycles. The first-order chi connectivity index (χ1) is 6.65. The number of imide groups is 2. The Morgan fingerprint density at radius 3 is 2.36 bits per heavy atom. The summed E-state index contributed by atoms with van der Waals surface area (Å²) in [7, 11) is 0. The van der Waals surface area contributed by atoms with E-state index in [1.165, 1.54) is 0 Å². The highest BCUT2D eigenvalue weighted by atomic mass is 16.2. The van der Waals surface area contributed by atoms with Crippen LogP contribution in [0.3, 0.4) is 0 Å². The predicted molar refractivity (Wildman–Crippen MR) is 46.9 cm³/mol. The van der Waals surface area contributed by atoms with Gasteiger partial charge in [0, 0.05) is 12.5 Å². The highest BCUT2D eigenvalue weighted by Gasteiger charge is 2.11. The first kappa shape index (κ1) is 12.3. The van der Waals surface area contributed by atoms with Gasteiger partial charge in [-0.25, -0.2) is 0 Å². The largest absolute Gasteiger partial charge is 0.299 e. The molecule has 1 atom stereocenters. The van der Waals surface area contributed by atoms with Crippen LogP contribution < -0.4 is 5.32 Å². The second-order valence-corrected chi connectivity index (χ2v) is 2.73. The molecule has 0 radical (unpaired) electrons. The first-order valence-electron chi connectivity index (χ1n) is 4.06. The maximum atomic E-state index is 10.8. The average molecular weight is 200 g/mol. The lowest BCUT2D eigenvalue weighted by Crippen LogP contribution is -2.32. The van der Waals surface area contributed by atoms with Gasteiger partial charge >= 0.3 is 0 Å². The van der Waals surface area contributed by atoms with Crippen LogP contribution in [0, 0.1) is 0 Å². The molecule has 0 aliphatic rings. The van der Waals surface area contributed by atoms with Crippen molar-refractivity contribution in [3.8, 4) is 0 Å². The number of hydrogen-bond donors (Lipinski definition) is 1. The molecule has 4 amide bonds. The molecule has 0 saturated heterocycles. The number of nitrogens with one attached hydrogen (secondary N) is 1. The molecule has 6 nitrogen and oxygen atoms in total. The van der Waals surface area contributed by atoms with Crippen molar-refractivity contribution >= 4 is 25.1 Å². The molecule has 1 unspecified atom stereocenters. The van der Waals surface area contributed by atoms with Gasteiger partial charge in [-0.15, -0.1) is 0 Å². The van der Waals surface area contributed by atoms with Crippen LogP contribution in [0.25, 0.3) is 0 Å². The van der Waals surface area contributed by atoms with Crippen molar-refractivity contribution in [3.05, 3.63) is 0 Å². The van der Waals surface area contributed by atoms with E-state index >= 15 is 0 Å². The Balaban J connectivity index is 3.87. The SMILES string of the molecule is CC(CCC(=O)NC=O)N(C=O)C=O. The monoisotopic (exact) mass is 200 g/mol. The van der Waals surface area contributed by atoms with E-state index in [1.54, 1.807) is 6.92 Å². The Hall–Kier alpha value is -1.72. The van der Waals surface area contributed by atoms with Gasteiger partial charge in [0.05, 0.1) is 0 Å². The summed E-state index contributed by atoms with van der Waals surface area (Å²) in [6.07, 6.45) is 1.52. The van der Waals surface area contributed by atoms with E-state index in [-0.39, 0.29) is 12.5 Å². The van der Waals surface area contributed by atoms with Crippen molar-refractivity contribution in [2.75, 3.05) is 0 Å². The topological polar surface area (TPSA) is 83.6 Å². The second-order valence-electron chi connectivity index (χ2n) is 2.73. The molecule has 14 heavy (non-hydrogen) atoms. The van der Waals surface area contributed by atoms with Gasteiger partial charge in [-0.3, -0.25) is 29.4 Å². The minimum atomic E-state index is -0.427. The summed E-state index contributed by atoms with van der Waals surface area (Å²) >= 11 is 0. The molecule has 6 heteroatoms. The maximum absolute atomic E-state index is 10.8. The normalized spacial score (nSPS) is 11.2. The molecule has 78 valence electrons. The lowest BCUT2D eigenvalue weighted by Gasteiger charge is -2.17. The number of rotatable bonds is 7. The molecular weight excluding hydrogens is 188 g/mol. The van der Waals surface area contributed by atoms with Crippen LogP contribution in [-0.4, -0.2) is 36.1 Å². The minimum Gasteiger partial charge on any atom is -0.299 e. The molecule has 0 aromatic rings. The summed E-state index contributed by atoms with van der Waals surface area (Å²) in [4.78, 5) is 42.2. The van der Waals surface area contributed by atoms with E-state index in [1.807, 2.05) is 5.32 Å². The molecule has 0 spiro atoms. The van der Waals surface area contributed by atoms with Crippen LogP contribution in [0.1, 0.15) is 19.8 Å². The average Bonchev–Trinajstić information content (AvgIpc) is 2.17. The van der Waals surface area contributed by atoms with Gasteiger partial charge < -0.3 is 0 Å². The third kappa shape index (κ3) is 4.34. The number of carbonyl (C=O) groups is 4. The van der Waals surface area contributed by atoms with Crippen molar-refractivity contribution in [1.82, 2.24) is 10.2 Å². The third-order valence-electron chi connectivity index (χ3n) is 1.76. The molecule has 0 saturated carbocycles. The van der Waals surface area contributed by atoms with Crippen LogP contribution in [-0.2, 0) is 19.2 Å². The van der Waals surface area contributed by atoms with E-state index in [0.29, 0.717) is 25.7 Å². The summed E-state index contributed by atoms with van der Waals surface area (Å²) in [5, 5.41) is 1.96. The van der Waals surface area contributed by atoms with Gasteiger partial charge in [-0.1, -0.05) is 0 Å². The van der Waals surface area contributed by atoms with Crippen molar-refractivity contribution in [3.63, 3.8) is 0 Å². The lowest BCUT2D eigenvalue weighted by molar-refractivity contribution is -0.133. The Morgan fingerprint density at radius 1 is 1.36 bits per heavy atom.